The van der Waals surface area contributed by atoms with Gasteiger partial charge in [-0.05, 0) is 39.7 Å². The molecule has 114 valence electrons. The molecule has 1 saturated heterocycles. The lowest BCUT2D eigenvalue weighted by atomic mass is 9.99. The molecule has 2 rings (SSSR count). The summed E-state index contributed by atoms with van der Waals surface area (Å²) >= 11 is 0. The van der Waals surface area contributed by atoms with Crippen LogP contribution in [0.25, 0.3) is 0 Å². The third-order valence-corrected chi connectivity index (χ3v) is 3.47. The highest BCUT2D eigenvalue weighted by Crippen LogP contribution is 2.09. The summed E-state index contributed by atoms with van der Waals surface area (Å²) in [7, 11) is 0. The Balaban J connectivity index is 0.00000200. The van der Waals surface area contributed by atoms with Crippen molar-refractivity contribution in [1.82, 2.24) is 20.8 Å². The van der Waals surface area contributed by atoms with E-state index < -0.39 is 0 Å². The molecule has 0 bridgehead atoms. The minimum absolute atomic E-state index is 0. The Morgan fingerprint density at radius 3 is 3.00 bits per heavy atom. The number of aryl methyl sites for hydroxylation is 2. The van der Waals surface area contributed by atoms with E-state index in [1.807, 2.05) is 0 Å². The summed E-state index contributed by atoms with van der Waals surface area (Å²) < 4.78 is 5.01. The van der Waals surface area contributed by atoms with Crippen LogP contribution in [0.2, 0.25) is 0 Å². The number of nitrogens with zero attached hydrogens (tertiary/aromatic N) is 2. The molecule has 1 aromatic heterocycles. The van der Waals surface area contributed by atoms with Crippen molar-refractivity contribution < 1.29 is 9.32 Å². The van der Waals surface area contributed by atoms with E-state index in [4.69, 9.17) is 4.52 Å². The van der Waals surface area contributed by atoms with Gasteiger partial charge in [0.25, 0.3) is 0 Å². The topological polar surface area (TPSA) is 80.0 Å². The maximum atomic E-state index is 11.8. The summed E-state index contributed by atoms with van der Waals surface area (Å²) in [5.74, 6) is 1.36. The maximum Gasteiger partial charge on any atom is 0.226 e. The number of halogens is 1. The van der Waals surface area contributed by atoms with Crippen molar-refractivity contribution in [2.45, 2.75) is 58.0 Å². The number of aromatic nitrogens is 2. The van der Waals surface area contributed by atoms with Gasteiger partial charge in [-0.2, -0.15) is 4.98 Å². The number of hydrogen-bond acceptors (Lipinski definition) is 5. The molecule has 1 fully saturated rings. The Hall–Kier alpha value is -1.14. The van der Waals surface area contributed by atoms with Gasteiger partial charge in [0.2, 0.25) is 11.8 Å². The molecule has 0 radical (unpaired) electrons. The smallest absolute Gasteiger partial charge is 0.226 e. The zero-order valence-corrected chi connectivity index (χ0v) is 12.8. The van der Waals surface area contributed by atoms with Gasteiger partial charge in [-0.3, -0.25) is 4.79 Å². The third-order valence-electron chi connectivity index (χ3n) is 3.47. The predicted octanol–water partition coefficient (Wildman–Crippen LogP) is 1.38. The first kappa shape index (κ1) is 16.9. The molecule has 2 atom stereocenters. The number of carbonyl (C=O) groups is 1. The van der Waals surface area contributed by atoms with Gasteiger partial charge in [0.1, 0.15) is 0 Å². The molecule has 1 aromatic rings. The van der Waals surface area contributed by atoms with Gasteiger partial charge in [0.15, 0.2) is 5.82 Å². The number of amides is 1. The molecule has 0 saturated carbocycles. The monoisotopic (exact) mass is 302 g/mol. The second-order valence-corrected chi connectivity index (χ2v) is 5.15. The molecule has 7 heteroatoms. The molecule has 6 nitrogen and oxygen atoms in total. The average Bonchev–Trinajstić information content (AvgIpc) is 2.78. The molecule has 2 unspecified atom stereocenters. The number of rotatable bonds is 5. The van der Waals surface area contributed by atoms with Gasteiger partial charge < -0.3 is 15.2 Å². The van der Waals surface area contributed by atoms with Crippen molar-refractivity contribution in [2.24, 2.45) is 0 Å². The Kier molecular flexibility index (Phi) is 6.95. The minimum atomic E-state index is 0. The van der Waals surface area contributed by atoms with E-state index in [2.05, 4.69) is 27.7 Å². The van der Waals surface area contributed by atoms with Gasteiger partial charge in [0, 0.05) is 24.9 Å². The SMILES string of the molecule is Cc1noc(CCCC(=O)NC2CCCNC2C)n1.Cl. The second-order valence-electron chi connectivity index (χ2n) is 5.15. The Morgan fingerprint density at radius 1 is 1.55 bits per heavy atom. The fourth-order valence-corrected chi connectivity index (χ4v) is 2.36. The molecular weight excluding hydrogens is 280 g/mol. The van der Waals surface area contributed by atoms with E-state index >= 15 is 0 Å². The van der Waals surface area contributed by atoms with E-state index in [0.29, 0.717) is 30.6 Å². The average molecular weight is 303 g/mol. The van der Waals surface area contributed by atoms with Crippen LogP contribution in [0.15, 0.2) is 4.52 Å². The van der Waals surface area contributed by atoms with Crippen LogP contribution in [0.3, 0.4) is 0 Å². The Labute approximate surface area is 125 Å². The van der Waals surface area contributed by atoms with Crippen molar-refractivity contribution in [2.75, 3.05) is 6.54 Å². The highest BCUT2D eigenvalue weighted by molar-refractivity contribution is 5.85. The van der Waals surface area contributed by atoms with E-state index in [1.54, 1.807) is 6.92 Å². The molecule has 2 N–H and O–H groups in total. The van der Waals surface area contributed by atoms with Crippen LogP contribution in [-0.2, 0) is 11.2 Å². The summed E-state index contributed by atoms with van der Waals surface area (Å²) in [5, 5.41) is 10.2. The van der Waals surface area contributed by atoms with Crippen molar-refractivity contribution in [3.8, 4) is 0 Å². The van der Waals surface area contributed by atoms with Gasteiger partial charge >= 0.3 is 0 Å². The highest BCUT2D eigenvalue weighted by atomic mass is 35.5. The molecule has 20 heavy (non-hydrogen) atoms. The van der Waals surface area contributed by atoms with Crippen LogP contribution in [0.5, 0.6) is 0 Å². The lowest BCUT2D eigenvalue weighted by molar-refractivity contribution is -0.122. The molecule has 2 heterocycles. The van der Waals surface area contributed by atoms with E-state index in [9.17, 15) is 4.79 Å². The van der Waals surface area contributed by atoms with Gasteiger partial charge in [0.05, 0.1) is 0 Å². The van der Waals surface area contributed by atoms with Crippen LogP contribution >= 0.6 is 12.4 Å². The van der Waals surface area contributed by atoms with Gasteiger partial charge in [-0.15, -0.1) is 12.4 Å². The Morgan fingerprint density at radius 2 is 2.35 bits per heavy atom. The molecule has 0 aliphatic carbocycles. The fraction of sp³-hybridized carbons (Fsp3) is 0.769. The zero-order valence-electron chi connectivity index (χ0n) is 12.0. The van der Waals surface area contributed by atoms with Crippen LogP contribution in [0.1, 0.15) is 44.3 Å². The third kappa shape index (κ3) is 5.09. The summed E-state index contributed by atoms with van der Waals surface area (Å²) in [6.45, 7) is 4.95. The van der Waals surface area contributed by atoms with Crippen LogP contribution in [-0.4, -0.2) is 34.7 Å². The largest absolute Gasteiger partial charge is 0.352 e. The Bertz CT molecular complexity index is 424. The van der Waals surface area contributed by atoms with Crippen LogP contribution < -0.4 is 10.6 Å². The second kappa shape index (κ2) is 8.21. The standard InChI is InChI=1S/C13H22N4O2.ClH/c1-9-11(5-4-8-14-9)16-12(18)6-3-7-13-15-10(2)17-19-13;/h9,11,14H,3-8H2,1-2H3,(H,16,18);1H. The lowest BCUT2D eigenvalue weighted by Gasteiger charge is -2.30. The zero-order chi connectivity index (χ0) is 13.7. The van der Waals surface area contributed by atoms with Crippen molar-refractivity contribution in [1.29, 1.82) is 0 Å². The highest BCUT2D eigenvalue weighted by Gasteiger charge is 2.21. The number of carbonyl (C=O) groups excluding carboxylic acids is 1. The number of hydrogen-bond donors (Lipinski definition) is 2. The fourth-order valence-electron chi connectivity index (χ4n) is 2.36. The van der Waals surface area contributed by atoms with Crippen molar-refractivity contribution >= 4 is 18.3 Å². The maximum absolute atomic E-state index is 11.8. The quantitative estimate of drug-likeness (QED) is 0.859. The molecule has 1 aliphatic rings. The molecular formula is C13H23ClN4O2. The molecule has 1 amide bonds. The lowest BCUT2D eigenvalue weighted by Crippen LogP contribution is -2.51. The van der Waals surface area contributed by atoms with E-state index in [0.717, 1.165) is 25.8 Å². The van der Waals surface area contributed by atoms with Crippen LogP contribution in [0, 0.1) is 6.92 Å². The summed E-state index contributed by atoms with van der Waals surface area (Å²) in [5.41, 5.74) is 0. The van der Waals surface area contributed by atoms with Gasteiger partial charge in [-0.25, -0.2) is 0 Å². The predicted molar refractivity (Wildman–Crippen MR) is 77.9 cm³/mol. The van der Waals surface area contributed by atoms with E-state index in [1.165, 1.54) is 0 Å². The first-order valence-corrected chi connectivity index (χ1v) is 6.97. The van der Waals surface area contributed by atoms with Crippen molar-refractivity contribution in [3.05, 3.63) is 11.7 Å². The number of piperidine rings is 1. The van der Waals surface area contributed by atoms with Crippen molar-refractivity contribution in [3.63, 3.8) is 0 Å². The summed E-state index contributed by atoms with van der Waals surface area (Å²) in [4.78, 5) is 16.0. The minimum Gasteiger partial charge on any atom is -0.352 e. The van der Waals surface area contributed by atoms with Gasteiger partial charge in [-0.1, -0.05) is 5.16 Å². The molecule has 1 aliphatic heterocycles. The summed E-state index contributed by atoms with van der Waals surface area (Å²) in [6.07, 6.45) is 4.08. The van der Waals surface area contributed by atoms with E-state index in [-0.39, 0.29) is 24.4 Å². The van der Waals surface area contributed by atoms with Crippen LogP contribution in [0.4, 0.5) is 0 Å². The molecule has 0 aromatic carbocycles. The first-order chi connectivity index (χ1) is 9.15. The number of nitrogens with one attached hydrogen (secondary N) is 2. The normalized spacial score (nSPS) is 22.1. The summed E-state index contributed by atoms with van der Waals surface area (Å²) in [6, 6.07) is 0.614. The molecule has 0 spiro atoms. The first-order valence-electron chi connectivity index (χ1n) is 6.97.